The van der Waals surface area contributed by atoms with Crippen LogP contribution < -0.4 is 5.32 Å². The van der Waals surface area contributed by atoms with E-state index in [2.05, 4.69) is 17.2 Å². The molecule has 0 aliphatic rings. The number of nitrogens with one attached hydrogen (secondary N) is 1. The molecule has 0 aliphatic carbocycles. The number of nitrogens with zero attached hydrogens (tertiary/aromatic N) is 2. The lowest BCUT2D eigenvalue weighted by Gasteiger charge is -2.22. The van der Waals surface area contributed by atoms with Gasteiger partial charge in [0.05, 0.1) is 5.25 Å². The van der Waals surface area contributed by atoms with Gasteiger partial charge in [-0.05, 0) is 44.0 Å². The van der Waals surface area contributed by atoms with Crippen molar-refractivity contribution in [1.82, 2.24) is 14.6 Å². The SMILES string of the molecule is CCCNCC(C)S(=O)(=O)N(C)CCc1ccncc1. The summed E-state index contributed by atoms with van der Waals surface area (Å²) in [5.74, 6) is 0. The minimum atomic E-state index is -3.23. The van der Waals surface area contributed by atoms with Crippen LogP contribution in [0.4, 0.5) is 0 Å². The van der Waals surface area contributed by atoms with E-state index in [4.69, 9.17) is 0 Å². The van der Waals surface area contributed by atoms with Gasteiger partial charge >= 0.3 is 0 Å². The van der Waals surface area contributed by atoms with Crippen LogP contribution in [0.5, 0.6) is 0 Å². The molecule has 1 unspecified atom stereocenters. The summed E-state index contributed by atoms with van der Waals surface area (Å²) in [5, 5.41) is 2.75. The van der Waals surface area contributed by atoms with Gasteiger partial charge in [-0.3, -0.25) is 4.98 Å². The second kappa shape index (κ2) is 8.34. The van der Waals surface area contributed by atoms with Crippen molar-refractivity contribution >= 4 is 10.0 Å². The van der Waals surface area contributed by atoms with Gasteiger partial charge in [0.15, 0.2) is 0 Å². The summed E-state index contributed by atoms with van der Waals surface area (Å²) in [6.07, 6.45) is 5.15. The van der Waals surface area contributed by atoms with E-state index >= 15 is 0 Å². The Labute approximate surface area is 122 Å². The molecule has 6 heteroatoms. The summed E-state index contributed by atoms with van der Waals surface area (Å²) >= 11 is 0. The number of pyridine rings is 1. The van der Waals surface area contributed by atoms with Gasteiger partial charge in [-0.2, -0.15) is 0 Å². The lowest BCUT2D eigenvalue weighted by Crippen LogP contribution is -2.41. The van der Waals surface area contributed by atoms with Crippen LogP contribution in [0, 0.1) is 0 Å². The van der Waals surface area contributed by atoms with E-state index in [-0.39, 0.29) is 0 Å². The van der Waals surface area contributed by atoms with Crippen molar-refractivity contribution in [2.45, 2.75) is 31.9 Å². The van der Waals surface area contributed by atoms with Gasteiger partial charge in [0.1, 0.15) is 0 Å². The molecule has 0 fully saturated rings. The second-order valence-corrected chi connectivity index (χ2v) is 7.44. The molecule has 0 aliphatic heterocycles. The highest BCUT2D eigenvalue weighted by molar-refractivity contribution is 7.89. The molecular formula is C14H25N3O2S. The van der Waals surface area contributed by atoms with E-state index in [0.717, 1.165) is 18.5 Å². The lowest BCUT2D eigenvalue weighted by molar-refractivity contribution is 0.459. The molecule has 5 nitrogen and oxygen atoms in total. The highest BCUT2D eigenvalue weighted by atomic mass is 32.2. The average Bonchev–Trinajstić information content (AvgIpc) is 2.45. The predicted molar refractivity (Wildman–Crippen MR) is 82.1 cm³/mol. The third kappa shape index (κ3) is 5.19. The molecule has 114 valence electrons. The van der Waals surface area contributed by atoms with Gasteiger partial charge in [0.2, 0.25) is 10.0 Å². The van der Waals surface area contributed by atoms with Crippen molar-refractivity contribution in [3.63, 3.8) is 0 Å². The molecule has 1 N–H and O–H groups in total. The van der Waals surface area contributed by atoms with E-state index in [0.29, 0.717) is 19.5 Å². The van der Waals surface area contributed by atoms with Crippen LogP contribution >= 0.6 is 0 Å². The first-order chi connectivity index (χ1) is 9.48. The molecule has 0 bridgehead atoms. The Morgan fingerprint density at radius 1 is 1.35 bits per heavy atom. The van der Waals surface area contributed by atoms with Crippen LogP contribution in [0.15, 0.2) is 24.5 Å². The zero-order chi connectivity index (χ0) is 15.0. The molecule has 0 saturated carbocycles. The summed E-state index contributed by atoms with van der Waals surface area (Å²) in [5.41, 5.74) is 1.10. The number of sulfonamides is 1. The molecule has 1 atom stereocenters. The Morgan fingerprint density at radius 3 is 2.60 bits per heavy atom. The normalized spacial score (nSPS) is 13.6. The minimum Gasteiger partial charge on any atom is -0.315 e. The molecule has 1 rings (SSSR count). The van der Waals surface area contributed by atoms with Crippen LogP contribution in [0.2, 0.25) is 0 Å². The van der Waals surface area contributed by atoms with Crippen molar-refractivity contribution < 1.29 is 8.42 Å². The number of aromatic nitrogens is 1. The Morgan fingerprint density at radius 2 is 2.00 bits per heavy atom. The Kier molecular flexibility index (Phi) is 7.12. The van der Waals surface area contributed by atoms with Gasteiger partial charge in [0.25, 0.3) is 0 Å². The topological polar surface area (TPSA) is 62.3 Å². The average molecular weight is 299 g/mol. The van der Waals surface area contributed by atoms with Crippen molar-refractivity contribution in [3.8, 4) is 0 Å². The maximum Gasteiger partial charge on any atom is 0.217 e. The van der Waals surface area contributed by atoms with Crippen molar-refractivity contribution in [2.75, 3.05) is 26.7 Å². The largest absolute Gasteiger partial charge is 0.315 e. The van der Waals surface area contributed by atoms with Gasteiger partial charge in [0, 0.05) is 32.5 Å². The van der Waals surface area contributed by atoms with Gasteiger partial charge < -0.3 is 5.32 Å². The fraction of sp³-hybridized carbons (Fsp3) is 0.643. The summed E-state index contributed by atoms with van der Waals surface area (Å²) in [4.78, 5) is 3.95. The Balaban J connectivity index is 2.49. The summed E-state index contributed by atoms with van der Waals surface area (Å²) in [7, 11) is -1.59. The van der Waals surface area contributed by atoms with Crippen molar-refractivity contribution in [1.29, 1.82) is 0 Å². The molecule has 0 saturated heterocycles. The van der Waals surface area contributed by atoms with Crippen LogP contribution in [-0.2, 0) is 16.4 Å². The van der Waals surface area contributed by atoms with E-state index in [1.54, 1.807) is 26.4 Å². The molecule has 0 radical (unpaired) electrons. The minimum absolute atomic E-state index is 0.406. The van der Waals surface area contributed by atoms with Gasteiger partial charge in [-0.15, -0.1) is 0 Å². The molecule has 1 heterocycles. The molecular weight excluding hydrogens is 274 g/mol. The van der Waals surface area contributed by atoms with E-state index in [1.807, 2.05) is 12.1 Å². The monoisotopic (exact) mass is 299 g/mol. The molecule has 0 amide bonds. The number of hydrogen-bond donors (Lipinski definition) is 1. The zero-order valence-corrected chi connectivity index (χ0v) is 13.4. The highest BCUT2D eigenvalue weighted by Crippen LogP contribution is 2.08. The molecule has 1 aromatic rings. The maximum absolute atomic E-state index is 12.3. The maximum atomic E-state index is 12.3. The quantitative estimate of drug-likeness (QED) is 0.698. The first-order valence-corrected chi connectivity index (χ1v) is 8.53. The fourth-order valence-electron chi connectivity index (χ4n) is 1.86. The molecule has 1 aromatic heterocycles. The Bertz CT molecular complexity index is 476. The lowest BCUT2D eigenvalue weighted by atomic mass is 10.2. The number of hydrogen-bond acceptors (Lipinski definition) is 4. The van der Waals surface area contributed by atoms with E-state index < -0.39 is 15.3 Å². The fourth-order valence-corrected chi connectivity index (χ4v) is 3.15. The number of likely N-dealkylation sites (N-methyl/N-ethyl adjacent to an activating group) is 1. The van der Waals surface area contributed by atoms with Gasteiger partial charge in [-0.1, -0.05) is 6.92 Å². The van der Waals surface area contributed by atoms with E-state index in [9.17, 15) is 8.42 Å². The molecule has 0 spiro atoms. The molecule has 20 heavy (non-hydrogen) atoms. The zero-order valence-electron chi connectivity index (χ0n) is 12.5. The van der Waals surface area contributed by atoms with Crippen LogP contribution in [0.3, 0.4) is 0 Å². The smallest absolute Gasteiger partial charge is 0.217 e. The second-order valence-electron chi connectivity index (χ2n) is 4.99. The summed E-state index contributed by atoms with van der Waals surface area (Å²) in [6, 6.07) is 3.82. The van der Waals surface area contributed by atoms with Gasteiger partial charge in [-0.25, -0.2) is 12.7 Å². The first-order valence-electron chi connectivity index (χ1n) is 7.03. The van der Waals surface area contributed by atoms with Crippen molar-refractivity contribution in [3.05, 3.63) is 30.1 Å². The van der Waals surface area contributed by atoms with Crippen molar-refractivity contribution in [2.24, 2.45) is 0 Å². The van der Waals surface area contributed by atoms with Crippen LogP contribution in [-0.4, -0.2) is 49.6 Å². The third-order valence-corrected chi connectivity index (χ3v) is 5.50. The predicted octanol–water partition coefficient (Wildman–Crippen LogP) is 1.27. The number of rotatable bonds is 9. The Hall–Kier alpha value is -0.980. The summed E-state index contributed by atoms with van der Waals surface area (Å²) in [6.45, 7) is 5.65. The van der Waals surface area contributed by atoms with Crippen LogP contribution in [0.1, 0.15) is 25.8 Å². The highest BCUT2D eigenvalue weighted by Gasteiger charge is 2.25. The van der Waals surface area contributed by atoms with E-state index in [1.165, 1.54) is 4.31 Å². The van der Waals surface area contributed by atoms with Crippen LogP contribution in [0.25, 0.3) is 0 Å². The first kappa shape index (κ1) is 17.1. The third-order valence-electron chi connectivity index (χ3n) is 3.27. The molecule has 0 aromatic carbocycles. The standard InChI is InChI=1S/C14H25N3O2S/c1-4-8-16-12-13(2)20(18,19)17(3)11-7-14-5-9-15-10-6-14/h5-6,9-10,13,16H,4,7-8,11-12H2,1-3H3. The summed E-state index contributed by atoms with van der Waals surface area (Å²) < 4.78 is 26.1.